The second-order valence-corrected chi connectivity index (χ2v) is 7.19. The number of nitrogens with two attached hydrogens (primary N) is 1. The van der Waals surface area contributed by atoms with Crippen molar-refractivity contribution in [1.82, 2.24) is 0 Å². The molecule has 1 unspecified atom stereocenters. The molecule has 0 amide bonds. The lowest BCUT2D eigenvalue weighted by atomic mass is 9.94. The first-order valence-corrected chi connectivity index (χ1v) is 8.31. The minimum absolute atomic E-state index is 0.247. The lowest BCUT2D eigenvalue weighted by molar-refractivity contribution is 0.602. The van der Waals surface area contributed by atoms with Gasteiger partial charge in [0.05, 0.1) is 10.9 Å². The third-order valence-electron chi connectivity index (χ3n) is 3.44. The second kappa shape index (κ2) is 5.38. The van der Waals surface area contributed by atoms with E-state index in [4.69, 9.17) is 5.73 Å². The van der Waals surface area contributed by atoms with Crippen molar-refractivity contribution in [2.75, 3.05) is 6.26 Å². The van der Waals surface area contributed by atoms with Gasteiger partial charge in [-0.1, -0.05) is 35.9 Å². The number of benzene rings is 2. The molecule has 106 valence electrons. The Labute approximate surface area is 120 Å². The summed E-state index contributed by atoms with van der Waals surface area (Å²) in [7, 11) is -3.17. The van der Waals surface area contributed by atoms with Crippen LogP contribution in [-0.4, -0.2) is 14.7 Å². The monoisotopic (exact) mass is 289 g/mol. The van der Waals surface area contributed by atoms with E-state index in [-0.39, 0.29) is 6.04 Å². The highest BCUT2D eigenvalue weighted by molar-refractivity contribution is 7.90. The fourth-order valence-electron chi connectivity index (χ4n) is 2.20. The van der Waals surface area contributed by atoms with Gasteiger partial charge in [0.2, 0.25) is 0 Å². The van der Waals surface area contributed by atoms with Gasteiger partial charge in [0.15, 0.2) is 9.84 Å². The molecule has 0 aliphatic carbocycles. The van der Waals surface area contributed by atoms with Gasteiger partial charge in [-0.05, 0) is 42.7 Å². The predicted molar refractivity (Wildman–Crippen MR) is 81.5 cm³/mol. The predicted octanol–water partition coefficient (Wildman–Crippen LogP) is 2.76. The molecule has 2 aromatic rings. The maximum Gasteiger partial charge on any atom is 0.175 e. The molecule has 3 nitrogen and oxygen atoms in total. The molecule has 4 heteroatoms. The lowest BCUT2D eigenvalue weighted by Crippen LogP contribution is -2.13. The summed E-state index contributed by atoms with van der Waals surface area (Å²) in [5, 5.41) is 0. The summed E-state index contributed by atoms with van der Waals surface area (Å²) in [6, 6.07) is 12.7. The summed E-state index contributed by atoms with van der Waals surface area (Å²) in [6.07, 6.45) is 1.20. The summed E-state index contributed by atoms with van der Waals surface area (Å²) >= 11 is 0. The van der Waals surface area contributed by atoms with E-state index in [1.54, 1.807) is 24.3 Å². The Morgan fingerprint density at radius 2 is 1.60 bits per heavy atom. The van der Waals surface area contributed by atoms with Crippen molar-refractivity contribution in [3.63, 3.8) is 0 Å². The van der Waals surface area contributed by atoms with Gasteiger partial charge in [-0.2, -0.15) is 0 Å². The molecular formula is C16H19NO2S. The molecule has 0 aliphatic rings. The van der Waals surface area contributed by atoms with Crippen LogP contribution in [0.3, 0.4) is 0 Å². The largest absolute Gasteiger partial charge is 0.320 e. The Morgan fingerprint density at radius 1 is 1.00 bits per heavy atom. The fourth-order valence-corrected chi connectivity index (χ4v) is 2.83. The van der Waals surface area contributed by atoms with Crippen LogP contribution in [0.4, 0.5) is 0 Å². The zero-order valence-corrected chi connectivity index (χ0v) is 12.7. The van der Waals surface area contributed by atoms with Crippen molar-refractivity contribution in [3.05, 3.63) is 64.7 Å². The molecule has 0 aliphatic heterocycles. The first-order chi connectivity index (χ1) is 9.29. The van der Waals surface area contributed by atoms with Crippen molar-refractivity contribution >= 4 is 9.84 Å². The number of sulfone groups is 1. The topological polar surface area (TPSA) is 60.2 Å². The van der Waals surface area contributed by atoms with Crippen LogP contribution < -0.4 is 5.73 Å². The van der Waals surface area contributed by atoms with Crippen LogP contribution in [0, 0.1) is 13.8 Å². The Balaban J connectivity index is 2.39. The molecule has 0 bridgehead atoms. The van der Waals surface area contributed by atoms with E-state index in [1.807, 2.05) is 13.8 Å². The normalized spacial score (nSPS) is 13.2. The molecule has 0 fully saturated rings. The average Bonchev–Trinajstić information content (AvgIpc) is 2.40. The van der Waals surface area contributed by atoms with Crippen LogP contribution in [0.5, 0.6) is 0 Å². The van der Waals surface area contributed by atoms with Gasteiger partial charge in [-0.3, -0.25) is 0 Å². The van der Waals surface area contributed by atoms with E-state index in [2.05, 4.69) is 18.2 Å². The van der Waals surface area contributed by atoms with Crippen LogP contribution >= 0.6 is 0 Å². The minimum atomic E-state index is -3.17. The summed E-state index contributed by atoms with van der Waals surface area (Å²) in [6.45, 7) is 4.06. The van der Waals surface area contributed by atoms with Crippen LogP contribution in [0.15, 0.2) is 47.4 Å². The molecule has 2 N–H and O–H groups in total. The molecule has 1 atom stereocenters. The molecule has 0 heterocycles. The van der Waals surface area contributed by atoms with Gasteiger partial charge in [-0.15, -0.1) is 0 Å². The zero-order valence-electron chi connectivity index (χ0n) is 11.9. The highest BCUT2D eigenvalue weighted by atomic mass is 32.2. The third-order valence-corrected chi connectivity index (χ3v) is 4.57. The average molecular weight is 289 g/mol. The summed E-state index contributed by atoms with van der Waals surface area (Å²) in [5.41, 5.74) is 10.6. The van der Waals surface area contributed by atoms with Crippen molar-refractivity contribution in [1.29, 1.82) is 0 Å². The summed E-state index contributed by atoms with van der Waals surface area (Å²) in [4.78, 5) is 0.314. The molecule has 2 rings (SSSR count). The molecule has 0 radical (unpaired) electrons. The maximum absolute atomic E-state index is 11.5. The van der Waals surface area contributed by atoms with Crippen molar-refractivity contribution in [2.45, 2.75) is 24.8 Å². The molecular weight excluding hydrogens is 270 g/mol. The maximum atomic E-state index is 11.5. The molecule has 0 aromatic heterocycles. The Hall–Kier alpha value is -1.65. The number of aryl methyl sites for hydroxylation is 2. The van der Waals surface area contributed by atoms with E-state index in [0.29, 0.717) is 4.90 Å². The van der Waals surface area contributed by atoms with Gasteiger partial charge in [-0.25, -0.2) is 8.42 Å². The minimum Gasteiger partial charge on any atom is -0.320 e. The SMILES string of the molecule is Cc1ccc(C)c(C(N)c2ccc(S(C)(=O)=O)cc2)c1. The second-order valence-electron chi connectivity index (χ2n) is 5.18. The molecule has 0 saturated carbocycles. The van der Waals surface area contributed by atoms with Crippen molar-refractivity contribution in [2.24, 2.45) is 5.73 Å². The van der Waals surface area contributed by atoms with E-state index < -0.39 is 9.84 Å². The van der Waals surface area contributed by atoms with Gasteiger partial charge >= 0.3 is 0 Å². The Bertz CT molecular complexity index is 719. The van der Waals surface area contributed by atoms with Crippen molar-refractivity contribution < 1.29 is 8.42 Å². The highest BCUT2D eigenvalue weighted by Crippen LogP contribution is 2.24. The molecule has 2 aromatic carbocycles. The van der Waals surface area contributed by atoms with E-state index >= 15 is 0 Å². The summed E-state index contributed by atoms with van der Waals surface area (Å²) < 4.78 is 22.9. The van der Waals surface area contributed by atoms with Crippen LogP contribution in [0.25, 0.3) is 0 Å². The van der Waals surface area contributed by atoms with Crippen LogP contribution in [0.2, 0.25) is 0 Å². The lowest BCUT2D eigenvalue weighted by Gasteiger charge is -2.16. The molecule has 20 heavy (non-hydrogen) atoms. The molecule has 0 saturated heterocycles. The highest BCUT2D eigenvalue weighted by Gasteiger charge is 2.13. The zero-order chi connectivity index (χ0) is 14.9. The quantitative estimate of drug-likeness (QED) is 0.945. The fraction of sp³-hybridized carbons (Fsp3) is 0.250. The first kappa shape index (κ1) is 14.8. The smallest absolute Gasteiger partial charge is 0.175 e. The number of hydrogen-bond acceptors (Lipinski definition) is 3. The Morgan fingerprint density at radius 3 is 2.15 bits per heavy atom. The van der Waals surface area contributed by atoms with Crippen LogP contribution in [0.1, 0.15) is 28.3 Å². The van der Waals surface area contributed by atoms with Crippen molar-refractivity contribution in [3.8, 4) is 0 Å². The van der Waals surface area contributed by atoms with Crippen LogP contribution in [-0.2, 0) is 9.84 Å². The van der Waals surface area contributed by atoms with Gasteiger partial charge in [0.1, 0.15) is 0 Å². The van der Waals surface area contributed by atoms with Gasteiger partial charge in [0, 0.05) is 6.26 Å². The standard InChI is InChI=1S/C16H19NO2S/c1-11-4-5-12(2)15(10-11)16(17)13-6-8-14(9-7-13)20(3,18)19/h4-10,16H,17H2,1-3H3. The van der Waals surface area contributed by atoms with Gasteiger partial charge in [0.25, 0.3) is 0 Å². The van der Waals surface area contributed by atoms with Gasteiger partial charge < -0.3 is 5.73 Å². The third kappa shape index (κ3) is 3.08. The number of rotatable bonds is 3. The number of hydrogen-bond donors (Lipinski definition) is 1. The first-order valence-electron chi connectivity index (χ1n) is 6.42. The van der Waals surface area contributed by atoms with E-state index in [0.717, 1.165) is 22.3 Å². The van der Waals surface area contributed by atoms with E-state index in [9.17, 15) is 8.42 Å². The van der Waals surface area contributed by atoms with E-state index in [1.165, 1.54) is 6.26 Å². The Kier molecular flexibility index (Phi) is 3.97. The molecule has 0 spiro atoms. The summed E-state index contributed by atoms with van der Waals surface area (Å²) in [5.74, 6) is 0.